The van der Waals surface area contributed by atoms with Gasteiger partial charge in [-0.3, -0.25) is 4.79 Å². The zero-order valence-corrected chi connectivity index (χ0v) is 25.7. The zero-order chi connectivity index (χ0) is 32.1. The summed E-state index contributed by atoms with van der Waals surface area (Å²) >= 11 is 0. The number of benzene rings is 2. The lowest BCUT2D eigenvalue weighted by molar-refractivity contribution is 0.0689. The highest BCUT2D eigenvalue weighted by atomic mass is 16.4. The number of nitrogens with zero attached hydrogens (tertiary/aromatic N) is 7. The van der Waals surface area contributed by atoms with Crippen LogP contribution in [0.2, 0.25) is 0 Å². The molecule has 4 aromatic rings. The van der Waals surface area contributed by atoms with E-state index in [9.17, 15) is 20.0 Å². The van der Waals surface area contributed by atoms with E-state index in [0.717, 1.165) is 37.3 Å². The van der Waals surface area contributed by atoms with Crippen LogP contribution in [-0.4, -0.2) is 79.9 Å². The van der Waals surface area contributed by atoms with Gasteiger partial charge in [-0.05, 0) is 62.7 Å². The molecule has 13 heteroatoms. The highest BCUT2D eigenvalue weighted by molar-refractivity contribution is 6.04. The van der Waals surface area contributed by atoms with Gasteiger partial charge in [-0.2, -0.15) is 15.0 Å². The number of rotatable bonds is 10. The van der Waals surface area contributed by atoms with E-state index in [1.54, 1.807) is 36.4 Å². The first-order valence-electron chi connectivity index (χ1n) is 14.7. The maximum Gasteiger partial charge on any atom is 0.356 e. The van der Waals surface area contributed by atoms with Crippen LogP contribution in [-0.2, 0) is 5.41 Å². The van der Waals surface area contributed by atoms with Gasteiger partial charge in [0.25, 0.3) is 5.91 Å². The Balaban J connectivity index is 1.39. The Bertz CT molecular complexity index is 1760. The minimum absolute atomic E-state index is 0.164. The molecule has 4 N–H and O–H groups in total. The molecule has 1 aliphatic rings. The lowest BCUT2D eigenvalue weighted by Crippen LogP contribution is -2.47. The molecule has 1 unspecified atom stereocenters. The van der Waals surface area contributed by atoms with Crippen LogP contribution >= 0.6 is 0 Å². The third-order valence-electron chi connectivity index (χ3n) is 8.05. The quantitative estimate of drug-likeness (QED) is 0.201. The summed E-state index contributed by atoms with van der Waals surface area (Å²) in [7, 11) is 2.08. The number of carboxylic acid groups (broad SMARTS) is 1. The van der Waals surface area contributed by atoms with Gasteiger partial charge in [0.2, 0.25) is 0 Å². The third-order valence-corrected chi connectivity index (χ3v) is 8.05. The van der Waals surface area contributed by atoms with E-state index in [-0.39, 0.29) is 11.6 Å². The first-order chi connectivity index (χ1) is 21.6. The Labute approximate surface area is 261 Å². The van der Waals surface area contributed by atoms with Crippen molar-refractivity contribution in [3.63, 3.8) is 0 Å². The molecule has 0 saturated carbocycles. The predicted octanol–water partition coefficient (Wildman–Crippen LogP) is 4.43. The first kappa shape index (κ1) is 31.1. The lowest BCUT2D eigenvalue weighted by atomic mass is 9.81. The number of hydrazine groups is 1. The third kappa shape index (κ3) is 7.09. The molecule has 0 spiro atoms. The van der Waals surface area contributed by atoms with Crippen molar-refractivity contribution in [2.75, 3.05) is 49.3 Å². The van der Waals surface area contributed by atoms with Gasteiger partial charge in [0, 0.05) is 55.2 Å². The van der Waals surface area contributed by atoms with Gasteiger partial charge >= 0.3 is 5.97 Å². The highest BCUT2D eigenvalue weighted by Crippen LogP contribution is 2.29. The number of hydrogen-bond donors (Lipinski definition) is 4. The molecule has 5 rings (SSSR count). The topological polar surface area (TPSA) is 164 Å². The van der Waals surface area contributed by atoms with Gasteiger partial charge in [-0.15, -0.1) is 0 Å². The van der Waals surface area contributed by atoms with Gasteiger partial charge in [-0.1, -0.05) is 25.1 Å². The Morgan fingerprint density at radius 3 is 2.56 bits per heavy atom. The monoisotopic (exact) mass is 608 g/mol. The number of aryl methyl sites for hydroxylation is 1. The fourth-order valence-electron chi connectivity index (χ4n) is 4.88. The number of aromatic carboxylic acids is 1. The van der Waals surface area contributed by atoms with Crippen molar-refractivity contribution >= 4 is 34.9 Å². The van der Waals surface area contributed by atoms with Crippen molar-refractivity contribution in [2.45, 2.75) is 32.6 Å². The van der Waals surface area contributed by atoms with Crippen molar-refractivity contribution in [3.05, 3.63) is 83.3 Å². The average molecular weight is 609 g/mol. The van der Waals surface area contributed by atoms with Gasteiger partial charge in [0.05, 0.1) is 11.5 Å². The van der Waals surface area contributed by atoms with E-state index >= 15 is 0 Å². The number of carbonyl (C=O) groups is 2. The summed E-state index contributed by atoms with van der Waals surface area (Å²) in [6.07, 6.45) is 2.01. The zero-order valence-electron chi connectivity index (χ0n) is 25.7. The number of aromatic nitrogens is 4. The minimum Gasteiger partial charge on any atom is -0.476 e. The largest absolute Gasteiger partial charge is 0.476 e. The van der Waals surface area contributed by atoms with Crippen LogP contribution in [0.5, 0.6) is 0 Å². The Morgan fingerprint density at radius 1 is 1.07 bits per heavy atom. The molecule has 0 aliphatic carbocycles. The van der Waals surface area contributed by atoms with Gasteiger partial charge < -0.3 is 26.1 Å². The second-order valence-electron chi connectivity index (χ2n) is 11.3. The molecule has 13 nitrogen and oxygen atoms in total. The van der Waals surface area contributed by atoms with Crippen LogP contribution in [0.15, 0.2) is 60.9 Å². The summed E-state index contributed by atoms with van der Waals surface area (Å²) in [5, 5.41) is 31.9. The molecule has 45 heavy (non-hydrogen) atoms. The van der Waals surface area contributed by atoms with Crippen molar-refractivity contribution in [1.29, 1.82) is 5.26 Å². The Kier molecular flexibility index (Phi) is 9.08. The van der Waals surface area contributed by atoms with E-state index in [0.29, 0.717) is 40.8 Å². The fourth-order valence-corrected chi connectivity index (χ4v) is 4.88. The van der Waals surface area contributed by atoms with Crippen molar-refractivity contribution in [2.24, 2.45) is 0 Å². The molecule has 0 radical (unpaired) electrons. The van der Waals surface area contributed by atoms with Crippen LogP contribution in [0, 0.1) is 18.3 Å². The maximum atomic E-state index is 13.2. The first-order valence-corrected chi connectivity index (χ1v) is 14.7. The number of amides is 1. The van der Waals surface area contributed by atoms with E-state index in [1.807, 2.05) is 32.9 Å². The standard InChI is InChI=1S/C32H36N10O3/c1-5-32(3,19-33)23-8-6-7-22(15-23)30(43)36-24-10-9-21(2)25(16-24)37-29-17-26(31(44)45)38-42(29)28-18-27(34-20-35-28)39-41-13-11-40(4)12-14-41/h6-10,15-18,20,37H,5,11-14H2,1-4H3,(H,36,43)(H,44,45)(H,34,35,39). The maximum absolute atomic E-state index is 13.2. The number of carboxylic acids is 1. The Morgan fingerprint density at radius 2 is 1.84 bits per heavy atom. The van der Waals surface area contributed by atoms with Crippen LogP contribution in [0.3, 0.4) is 0 Å². The summed E-state index contributed by atoms with van der Waals surface area (Å²) in [6, 6.07) is 18.0. The smallest absolute Gasteiger partial charge is 0.356 e. The lowest BCUT2D eigenvalue weighted by Gasteiger charge is -2.32. The molecular formula is C32H36N10O3. The van der Waals surface area contributed by atoms with Gasteiger partial charge in [0.1, 0.15) is 18.0 Å². The summed E-state index contributed by atoms with van der Waals surface area (Å²) in [4.78, 5) is 36.0. The normalized spacial score (nSPS) is 15.1. The van der Waals surface area contributed by atoms with Crippen LogP contribution < -0.4 is 16.1 Å². The van der Waals surface area contributed by atoms with Gasteiger partial charge in [-0.25, -0.2) is 19.8 Å². The van der Waals surface area contributed by atoms with Crippen molar-refractivity contribution in [1.82, 2.24) is 29.7 Å². The highest BCUT2D eigenvalue weighted by Gasteiger charge is 2.25. The second-order valence-corrected chi connectivity index (χ2v) is 11.3. The van der Waals surface area contributed by atoms with Crippen molar-refractivity contribution in [3.8, 4) is 11.9 Å². The molecule has 1 fully saturated rings. The van der Waals surface area contributed by atoms with Crippen molar-refractivity contribution < 1.29 is 14.7 Å². The molecule has 1 atom stereocenters. The number of piperazine rings is 1. The molecule has 0 bridgehead atoms. The molecule has 2 aromatic carbocycles. The molecule has 1 aliphatic heterocycles. The van der Waals surface area contributed by atoms with E-state index < -0.39 is 11.4 Å². The number of nitrogens with one attached hydrogen (secondary N) is 3. The van der Waals surface area contributed by atoms with E-state index in [1.165, 1.54) is 17.1 Å². The summed E-state index contributed by atoms with van der Waals surface area (Å²) in [6.45, 7) is 9.18. The molecule has 3 heterocycles. The summed E-state index contributed by atoms with van der Waals surface area (Å²) in [5.41, 5.74) is 5.67. The number of anilines is 4. The number of carbonyl (C=O) groups excluding carboxylic acids is 1. The summed E-state index contributed by atoms with van der Waals surface area (Å²) in [5.74, 6) is -0.206. The molecule has 1 amide bonds. The van der Waals surface area contributed by atoms with Crippen LogP contribution in [0.25, 0.3) is 5.82 Å². The molecule has 1 saturated heterocycles. The fraction of sp³-hybridized carbons (Fsp3) is 0.312. The predicted molar refractivity (Wildman–Crippen MR) is 171 cm³/mol. The molecular weight excluding hydrogens is 572 g/mol. The number of nitriles is 1. The average Bonchev–Trinajstić information content (AvgIpc) is 3.48. The SMILES string of the molecule is CCC(C)(C#N)c1cccc(C(=O)Nc2ccc(C)c(Nc3cc(C(=O)O)nn3-c3cc(NN4CCN(C)CC4)ncn3)c2)c1. The molecule has 2 aromatic heterocycles. The molecule has 232 valence electrons. The second kappa shape index (κ2) is 13.1. The Hall–Kier alpha value is -5.32. The van der Waals surface area contributed by atoms with E-state index in [4.69, 9.17) is 0 Å². The van der Waals surface area contributed by atoms with Crippen LogP contribution in [0.4, 0.5) is 23.0 Å². The minimum atomic E-state index is -1.18. The van der Waals surface area contributed by atoms with Crippen LogP contribution in [0.1, 0.15) is 52.2 Å². The number of hydrogen-bond acceptors (Lipinski definition) is 10. The summed E-state index contributed by atoms with van der Waals surface area (Å²) < 4.78 is 1.41. The van der Waals surface area contributed by atoms with E-state index in [2.05, 4.69) is 54.2 Å². The van der Waals surface area contributed by atoms with Gasteiger partial charge in [0.15, 0.2) is 11.5 Å². The number of likely N-dealkylation sites (N-methyl/N-ethyl adjacent to an activating group) is 1.